The zero-order chi connectivity index (χ0) is 10.7. The number of hydrogen-bond acceptors (Lipinski definition) is 6. The summed E-state index contributed by atoms with van der Waals surface area (Å²) in [6.45, 7) is 1.29. The lowest BCUT2D eigenvalue weighted by Gasteiger charge is -2.13. The molecule has 0 aromatic carbocycles. The Labute approximate surface area is 87.4 Å². The molecule has 2 heterocycles. The summed E-state index contributed by atoms with van der Waals surface area (Å²) in [7, 11) is 1.51. The van der Waals surface area contributed by atoms with Crippen LogP contribution >= 0.6 is 0 Å². The topological polar surface area (TPSA) is 79.5 Å². The Kier molecular flexibility index (Phi) is 2.86. The van der Waals surface area contributed by atoms with E-state index in [-0.39, 0.29) is 11.9 Å². The van der Waals surface area contributed by atoms with Crippen LogP contribution in [0.15, 0.2) is 6.33 Å². The van der Waals surface area contributed by atoms with E-state index < -0.39 is 0 Å². The predicted octanol–water partition coefficient (Wildman–Crippen LogP) is 0.235. The standard InChI is InChI=1S/C9H13N3O3/c1-13-7-8(10)11-5-12-9(7)15-6-2-3-14-4-6/h5-6H,2-4H2,1H3,(H2,10,11,12). The lowest BCUT2D eigenvalue weighted by Crippen LogP contribution is -2.17. The first kappa shape index (κ1) is 9.97. The molecule has 0 spiro atoms. The Hall–Kier alpha value is -1.56. The Bertz CT molecular complexity index is 339. The fourth-order valence-corrected chi connectivity index (χ4v) is 1.41. The van der Waals surface area contributed by atoms with Gasteiger partial charge in [-0.1, -0.05) is 0 Å². The molecule has 0 saturated carbocycles. The summed E-state index contributed by atoms with van der Waals surface area (Å²) in [6, 6.07) is 0. The van der Waals surface area contributed by atoms with Gasteiger partial charge in [-0.2, -0.15) is 4.98 Å². The number of anilines is 1. The molecule has 0 amide bonds. The zero-order valence-electron chi connectivity index (χ0n) is 8.47. The first-order valence-corrected chi connectivity index (χ1v) is 4.70. The minimum Gasteiger partial charge on any atom is -0.489 e. The fourth-order valence-electron chi connectivity index (χ4n) is 1.41. The lowest BCUT2D eigenvalue weighted by atomic mass is 10.3. The van der Waals surface area contributed by atoms with Crippen LogP contribution in [0, 0.1) is 0 Å². The molecule has 1 aliphatic heterocycles. The maximum atomic E-state index is 5.62. The van der Waals surface area contributed by atoms with Crippen molar-refractivity contribution in [3.05, 3.63) is 6.33 Å². The monoisotopic (exact) mass is 211 g/mol. The third-order valence-electron chi connectivity index (χ3n) is 2.17. The highest BCUT2D eigenvalue weighted by atomic mass is 16.6. The average molecular weight is 211 g/mol. The summed E-state index contributed by atoms with van der Waals surface area (Å²) in [4.78, 5) is 7.80. The van der Waals surface area contributed by atoms with E-state index in [1.54, 1.807) is 0 Å². The normalized spacial score (nSPS) is 20.2. The highest BCUT2D eigenvalue weighted by molar-refractivity contribution is 5.51. The van der Waals surface area contributed by atoms with Crippen LogP contribution in [0.4, 0.5) is 5.82 Å². The Morgan fingerprint density at radius 3 is 3.07 bits per heavy atom. The van der Waals surface area contributed by atoms with Gasteiger partial charge in [0.25, 0.3) is 5.88 Å². The number of nitrogen functional groups attached to an aromatic ring is 1. The predicted molar refractivity (Wildman–Crippen MR) is 52.8 cm³/mol. The molecule has 1 atom stereocenters. The number of nitrogens with zero attached hydrogens (tertiary/aromatic N) is 2. The number of hydrogen-bond donors (Lipinski definition) is 1. The van der Waals surface area contributed by atoms with Gasteiger partial charge in [-0.15, -0.1) is 0 Å². The number of methoxy groups -OCH3 is 1. The van der Waals surface area contributed by atoms with Gasteiger partial charge < -0.3 is 19.9 Å². The maximum absolute atomic E-state index is 5.62. The third-order valence-corrected chi connectivity index (χ3v) is 2.17. The van der Waals surface area contributed by atoms with E-state index in [0.29, 0.717) is 24.8 Å². The molecular formula is C9H13N3O3. The van der Waals surface area contributed by atoms with Crippen LogP contribution in [-0.4, -0.2) is 36.4 Å². The van der Waals surface area contributed by atoms with Crippen molar-refractivity contribution in [3.8, 4) is 11.6 Å². The first-order chi connectivity index (χ1) is 7.31. The second-order valence-electron chi connectivity index (χ2n) is 3.20. The SMILES string of the molecule is COc1c(N)ncnc1OC1CCOC1. The third kappa shape index (κ3) is 2.10. The summed E-state index contributed by atoms with van der Waals surface area (Å²) in [5.74, 6) is 1.03. The highest BCUT2D eigenvalue weighted by Crippen LogP contribution is 2.30. The van der Waals surface area contributed by atoms with Crippen molar-refractivity contribution in [1.82, 2.24) is 9.97 Å². The maximum Gasteiger partial charge on any atom is 0.262 e. The fraction of sp³-hybridized carbons (Fsp3) is 0.556. The first-order valence-electron chi connectivity index (χ1n) is 4.70. The molecule has 82 valence electrons. The van der Waals surface area contributed by atoms with Crippen molar-refractivity contribution in [3.63, 3.8) is 0 Å². The van der Waals surface area contributed by atoms with Crippen LogP contribution < -0.4 is 15.2 Å². The van der Waals surface area contributed by atoms with Crippen LogP contribution in [0.25, 0.3) is 0 Å². The molecule has 6 heteroatoms. The van der Waals surface area contributed by atoms with Gasteiger partial charge in [-0.3, -0.25) is 0 Å². The van der Waals surface area contributed by atoms with Gasteiger partial charge in [-0.05, 0) is 0 Å². The summed E-state index contributed by atoms with van der Waals surface area (Å²) in [5, 5.41) is 0. The minimum atomic E-state index is 0.0215. The van der Waals surface area contributed by atoms with Gasteiger partial charge in [-0.25, -0.2) is 4.98 Å². The number of nitrogens with two attached hydrogens (primary N) is 1. The smallest absolute Gasteiger partial charge is 0.262 e. The van der Waals surface area contributed by atoms with Crippen molar-refractivity contribution in [2.45, 2.75) is 12.5 Å². The Balaban J connectivity index is 2.15. The molecule has 2 rings (SSSR count). The van der Waals surface area contributed by atoms with Gasteiger partial charge in [0.1, 0.15) is 12.4 Å². The second-order valence-corrected chi connectivity index (χ2v) is 3.20. The quantitative estimate of drug-likeness (QED) is 0.771. The van der Waals surface area contributed by atoms with Crippen LogP contribution in [0.2, 0.25) is 0 Å². The van der Waals surface area contributed by atoms with Crippen molar-refractivity contribution in [2.75, 3.05) is 26.1 Å². The van der Waals surface area contributed by atoms with E-state index in [4.69, 9.17) is 19.9 Å². The number of aromatic nitrogens is 2. The Morgan fingerprint density at radius 2 is 2.40 bits per heavy atom. The highest BCUT2D eigenvalue weighted by Gasteiger charge is 2.20. The molecule has 1 aromatic heterocycles. The number of rotatable bonds is 3. The van der Waals surface area contributed by atoms with Crippen molar-refractivity contribution in [2.24, 2.45) is 0 Å². The van der Waals surface area contributed by atoms with Crippen molar-refractivity contribution in [1.29, 1.82) is 0 Å². The second kappa shape index (κ2) is 4.31. The van der Waals surface area contributed by atoms with E-state index >= 15 is 0 Å². The minimum absolute atomic E-state index is 0.0215. The van der Waals surface area contributed by atoms with E-state index in [0.717, 1.165) is 6.42 Å². The molecule has 0 bridgehead atoms. The molecular weight excluding hydrogens is 198 g/mol. The van der Waals surface area contributed by atoms with Crippen LogP contribution in [-0.2, 0) is 4.74 Å². The summed E-state index contributed by atoms with van der Waals surface area (Å²) in [6.07, 6.45) is 2.23. The summed E-state index contributed by atoms with van der Waals surface area (Å²) < 4.78 is 15.9. The molecule has 15 heavy (non-hydrogen) atoms. The Morgan fingerprint density at radius 1 is 1.53 bits per heavy atom. The molecule has 1 saturated heterocycles. The largest absolute Gasteiger partial charge is 0.489 e. The van der Waals surface area contributed by atoms with Crippen LogP contribution in [0.5, 0.6) is 11.6 Å². The molecule has 6 nitrogen and oxygen atoms in total. The van der Waals surface area contributed by atoms with Crippen molar-refractivity contribution >= 4 is 5.82 Å². The van der Waals surface area contributed by atoms with Gasteiger partial charge in [0.2, 0.25) is 5.75 Å². The van der Waals surface area contributed by atoms with E-state index in [2.05, 4.69) is 9.97 Å². The molecule has 2 N–H and O–H groups in total. The van der Waals surface area contributed by atoms with Gasteiger partial charge in [0, 0.05) is 6.42 Å². The molecule has 1 fully saturated rings. The van der Waals surface area contributed by atoms with Crippen LogP contribution in [0.1, 0.15) is 6.42 Å². The number of ether oxygens (including phenoxy) is 3. The molecule has 1 aromatic rings. The van der Waals surface area contributed by atoms with Crippen LogP contribution in [0.3, 0.4) is 0 Å². The summed E-state index contributed by atoms with van der Waals surface area (Å²) in [5.41, 5.74) is 5.62. The van der Waals surface area contributed by atoms with E-state index in [1.165, 1.54) is 13.4 Å². The summed E-state index contributed by atoms with van der Waals surface area (Å²) >= 11 is 0. The molecule has 0 aliphatic carbocycles. The van der Waals surface area contributed by atoms with Crippen molar-refractivity contribution < 1.29 is 14.2 Å². The van der Waals surface area contributed by atoms with Gasteiger partial charge >= 0.3 is 0 Å². The lowest BCUT2D eigenvalue weighted by molar-refractivity contribution is 0.135. The van der Waals surface area contributed by atoms with E-state index in [1.807, 2.05) is 0 Å². The van der Waals surface area contributed by atoms with Gasteiger partial charge in [0.15, 0.2) is 5.82 Å². The molecule has 0 radical (unpaired) electrons. The molecule has 1 aliphatic rings. The zero-order valence-corrected chi connectivity index (χ0v) is 8.47. The van der Waals surface area contributed by atoms with Gasteiger partial charge in [0.05, 0.1) is 20.3 Å². The van der Waals surface area contributed by atoms with E-state index in [9.17, 15) is 0 Å². The average Bonchev–Trinajstić information content (AvgIpc) is 2.71. The molecule has 1 unspecified atom stereocenters.